The van der Waals surface area contributed by atoms with Gasteiger partial charge < -0.3 is 0 Å². The number of nitrogens with zero attached hydrogens (tertiary/aromatic N) is 1. The summed E-state index contributed by atoms with van der Waals surface area (Å²) in [5.74, 6) is -0.605. The van der Waals surface area contributed by atoms with Crippen molar-refractivity contribution in [1.29, 1.82) is 0 Å². The van der Waals surface area contributed by atoms with Gasteiger partial charge in [-0.1, -0.05) is 0 Å². The Morgan fingerprint density at radius 1 is 1.50 bits per heavy atom. The Labute approximate surface area is 88.6 Å². The van der Waals surface area contributed by atoms with Crippen LogP contribution < -0.4 is 0 Å². The van der Waals surface area contributed by atoms with Gasteiger partial charge in [-0.2, -0.15) is 0 Å². The van der Waals surface area contributed by atoms with E-state index in [0.29, 0.717) is 0 Å². The molecule has 6 heteroatoms. The second-order valence-corrected chi connectivity index (χ2v) is 3.79. The molecular weight excluding hydrogens is 350 g/mol. The smallest absolute Gasteiger partial charge is 0.251 e. The molecule has 1 rings (SSSR count). The lowest BCUT2D eigenvalue weighted by atomic mass is 10.3. The van der Waals surface area contributed by atoms with Gasteiger partial charge in [0.25, 0.3) is 6.43 Å². The molecule has 0 N–H and O–H groups in total. The number of hydrogen-bond donors (Lipinski definition) is 0. The zero-order valence-electron chi connectivity index (χ0n) is 5.49. The number of hydrogen-bond acceptors (Lipinski definition) is 1. The third kappa shape index (κ3) is 1.90. The van der Waals surface area contributed by atoms with Crippen LogP contribution in [0.4, 0.5) is 13.2 Å². The minimum absolute atomic E-state index is 0.0260. The van der Waals surface area contributed by atoms with Crippen molar-refractivity contribution in [2.45, 2.75) is 6.43 Å². The van der Waals surface area contributed by atoms with Gasteiger partial charge in [-0.15, -0.1) is 0 Å². The summed E-state index contributed by atoms with van der Waals surface area (Å²) in [6.07, 6.45) is -1.90. The number of pyridine rings is 1. The van der Waals surface area contributed by atoms with Gasteiger partial charge >= 0.3 is 0 Å². The van der Waals surface area contributed by atoms with Gasteiger partial charge in [-0.3, -0.25) is 4.98 Å². The number of aromatic nitrogens is 1. The Balaban J connectivity index is 3.27. The van der Waals surface area contributed by atoms with Crippen molar-refractivity contribution in [1.82, 2.24) is 4.98 Å². The zero-order valence-corrected chi connectivity index (χ0v) is 9.24. The summed E-state index contributed by atoms with van der Waals surface area (Å²) in [6, 6.07) is 0. The molecule has 1 nitrogen and oxygen atoms in total. The first-order chi connectivity index (χ1) is 5.54. The predicted octanol–water partition coefficient (Wildman–Crippen LogP) is 3.53. The molecule has 0 fully saturated rings. The number of halogens is 5. The summed E-state index contributed by atoms with van der Waals surface area (Å²) in [7, 11) is 0. The van der Waals surface area contributed by atoms with Crippen LogP contribution in [0.15, 0.2) is 10.7 Å². The van der Waals surface area contributed by atoms with Crippen molar-refractivity contribution < 1.29 is 13.2 Å². The summed E-state index contributed by atoms with van der Waals surface area (Å²) >= 11 is 4.47. The maximum Gasteiger partial charge on any atom is 0.281 e. The van der Waals surface area contributed by atoms with Gasteiger partial charge in [-0.25, -0.2) is 13.2 Å². The largest absolute Gasteiger partial charge is 0.281 e. The van der Waals surface area contributed by atoms with Crippen molar-refractivity contribution in [2.75, 3.05) is 0 Å². The lowest BCUT2D eigenvalue weighted by molar-refractivity contribution is 0.145. The molecule has 0 aliphatic heterocycles. The van der Waals surface area contributed by atoms with Crippen LogP contribution in [0.1, 0.15) is 12.1 Å². The average Bonchev–Trinajstić information content (AvgIpc) is 2.00. The molecule has 0 aliphatic rings. The molecule has 66 valence electrons. The molecule has 0 atom stereocenters. The van der Waals surface area contributed by atoms with Crippen molar-refractivity contribution in [3.05, 3.63) is 25.8 Å². The Bertz CT molecular complexity index is 305. The maximum absolute atomic E-state index is 12.7. The minimum atomic E-state index is -2.69. The summed E-state index contributed by atoms with van der Waals surface area (Å²) in [6.45, 7) is 0. The molecule has 1 aromatic rings. The van der Waals surface area contributed by atoms with E-state index in [4.69, 9.17) is 0 Å². The topological polar surface area (TPSA) is 12.9 Å². The zero-order chi connectivity index (χ0) is 9.30. The van der Waals surface area contributed by atoms with E-state index in [2.05, 4.69) is 20.9 Å². The molecule has 0 bridgehead atoms. The SMILES string of the molecule is Fc1cnc(C(F)F)c(Br)c1I. The summed E-state index contributed by atoms with van der Waals surface area (Å²) in [4.78, 5) is 3.26. The molecule has 0 amide bonds. The van der Waals surface area contributed by atoms with E-state index in [1.165, 1.54) is 0 Å². The van der Waals surface area contributed by atoms with Crippen LogP contribution in [-0.2, 0) is 0 Å². The molecule has 1 aromatic heterocycles. The molecule has 0 spiro atoms. The van der Waals surface area contributed by atoms with Crippen LogP contribution in [-0.4, -0.2) is 4.98 Å². The highest BCUT2D eigenvalue weighted by molar-refractivity contribution is 14.1. The van der Waals surface area contributed by atoms with Gasteiger partial charge in [0.15, 0.2) is 5.82 Å². The monoisotopic (exact) mass is 351 g/mol. The first kappa shape index (κ1) is 10.2. The van der Waals surface area contributed by atoms with Crippen LogP contribution in [0.3, 0.4) is 0 Å². The van der Waals surface area contributed by atoms with Crippen molar-refractivity contribution >= 4 is 38.5 Å². The quantitative estimate of drug-likeness (QED) is 0.705. The minimum Gasteiger partial charge on any atom is -0.251 e. The normalized spacial score (nSPS) is 10.8. The molecule has 0 aromatic carbocycles. The molecule has 0 aliphatic carbocycles. The van der Waals surface area contributed by atoms with Gasteiger partial charge in [0.1, 0.15) is 5.69 Å². The molecule has 0 saturated carbocycles. The Kier molecular flexibility index (Phi) is 3.33. The first-order valence-corrected chi connectivity index (χ1v) is 4.68. The summed E-state index contributed by atoms with van der Waals surface area (Å²) in [5.41, 5.74) is -0.430. The molecular formula is C6H2BrF3IN. The van der Waals surface area contributed by atoms with Crippen LogP contribution >= 0.6 is 38.5 Å². The fraction of sp³-hybridized carbons (Fsp3) is 0.167. The lowest BCUT2D eigenvalue weighted by Crippen LogP contribution is -1.96. The average molecular weight is 352 g/mol. The fourth-order valence-electron chi connectivity index (χ4n) is 0.609. The van der Waals surface area contributed by atoms with E-state index in [1.807, 2.05) is 0 Å². The summed E-state index contributed by atoms with van der Waals surface area (Å²) in [5, 5.41) is 0. The van der Waals surface area contributed by atoms with E-state index >= 15 is 0 Å². The number of alkyl halides is 2. The van der Waals surface area contributed by atoms with Gasteiger partial charge in [0.2, 0.25) is 0 Å². The predicted molar refractivity (Wildman–Crippen MR) is 49.6 cm³/mol. The van der Waals surface area contributed by atoms with Gasteiger partial charge in [0, 0.05) is 0 Å². The Morgan fingerprint density at radius 3 is 2.58 bits per heavy atom. The van der Waals surface area contributed by atoms with E-state index in [-0.39, 0.29) is 8.04 Å². The van der Waals surface area contributed by atoms with Crippen LogP contribution in [0.2, 0.25) is 0 Å². The third-order valence-electron chi connectivity index (χ3n) is 1.15. The fourth-order valence-corrected chi connectivity index (χ4v) is 1.49. The molecule has 0 saturated heterocycles. The molecule has 0 unspecified atom stereocenters. The van der Waals surface area contributed by atoms with E-state index in [9.17, 15) is 13.2 Å². The standard InChI is InChI=1S/C6H2BrF3IN/c7-3-4(11)2(8)1-12-5(3)6(9)10/h1,6H. The second kappa shape index (κ2) is 3.91. The van der Waals surface area contributed by atoms with E-state index in [1.54, 1.807) is 22.6 Å². The highest BCUT2D eigenvalue weighted by Gasteiger charge is 2.17. The van der Waals surface area contributed by atoms with Crippen LogP contribution in [0, 0.1) is 9.39 Å². The van der Waals surface area contributed by atoms with Gasteiger partial charge in [-0.05, 0) is 38.5 Å². The maximum atomic E-state index is 12.7. The molecule has 12 heavy (non-hydrogen) atoms. The van der Waals surface area contributed by atoms with Crippen molar-refractivity contribution in [2.24, 2.45) is 0 Å². The van der Waals surface area contributed by atoms with Crippen LogP contribution in [0.25, 0.3) is 0 Å². The third-order valence-corrected chi connectivity index (χ3v) is 3.75. The Morgan fingerprint density at radius 2 is 2.08 bits per heavy atom. The lowest BCUT2D eigenvalue weighted by Gasteiger charge is -2.03. The van der Waals surface area contributed by atoms with E-state index < -0.39 is 17.9 Å². The van der Waals surface area contributed by atoms with E-state index in [0.717, 1.165) is 6.20 Å². The Hall–Kier alpha value is 0.150. The highest BCUT2D eigenvalue weighted by atomic mass is 127. The number of rotatable bonds is 1. The van der Waals surface area contributed by atoms with Crippen molar-refractivity contribution in [3.63, 3.8) is 0 Å². The highest BCUT2D eigenvalue weighted by Crippen LogP contribution is 2.30. The van der Waals surface area contributed by atoms with Crippen molar-refractivity contribution in [3.8, 4) is 0 Å². The first-order valence-electron chi connectivity index (χ1n) is 2.81. The van der Waals surface area contributed by atoms with Crippen LogP contribution in [0.5, 0.6) is 0 Å². The molecule has 1 heterocycles. The second-order valence-electron chi connectivity index (χ2n) is 1.92. The summed E-state index contributed by atoms with van der Waals surface area (Å²) < 4.78 is 37.1. The molecule has 0 radical (unpaired) electrons. The van der Waals surface area contributed by atoms with Gasteiger partial charge in [0.05, 0.1) is 14.2 Å².